The molecule has 0 unspecified atom stereocenters. The van der Waals surface area contributed by atoms with Crippen molar-refractivity contribution in [2.75, 3.05) is 18.5 Å². The molecule has 0 aliphatic rings. The average molecular weight is 356 g/mol. The molecule has 0 heterocycles. The predicted octanol–water partition coefficient (Wildman–Crippen LogP) is 2.82. The molecule has 0 aliphatic carbocycles. The summed E-state index contributed by atoms with van der Waals surface area (Å²) < 4.78 is 12.9. The molecule has 2 rings (SSSR count). The van der Waals surface area contributed by atoms with Gasteiger partial charge in [-0.15, -0.1) is 0 Å². The lowest BCUT2D eigenvalue weighted by atomic mass is 10.1. The second kappa shape index (κ2) is 9.48. The normalized spacial score (nSPS) is 10.7. The van der Waals surface area contributed by atoms with Crippen molar-refractivity contribution in [2.45, 2.75) is 13.3 Å². The fourth-order valence-corrected chi connectivity index (χ4v) is 2.35. The molecule has 0 spiro atoms. The van der Waals surface area contributed by atoms with Gasteiger partial charge in [0.15, 0.2) is 0 Å². The van der Waals surface area contributed by atoms with Crippen LogP contribution in [-0.4, -0.2) is 35.0 Å². The summed E-state index contributed by atoms with van der Waals surface area (Å²) in [7, 11) is 0. The number of nitrogens with one attached hydrogen (secondary N) is 1. The van der Waals surface area contributed by atoms with Gasteiger partial charge >= 0.3 is 0 Å². The molecule has 0 saturated carbocycles. The standard InChI is InChI=1S/C20H21FN2O3/c1-15(25)23(12-13-24)11-10-17-4-2-3-5-19(17)22-20(26)14-16-6-8-18(21)9-7-16/h2-11,24H,12-14H2,1H3,(H,22,26)/b11-10-. The van der Waals surface area contributed by atoms with Crippen molar-refractivity contribution in [3.63, 3.8) is 0 Å². The van der Waals surface area contributed by atoms with Crippen molar-refractivity contribution < 1.29 is 19.1 Å². The van der Waals surface area contributed by atoms with Crippen LogP contribution < -0.4 is 5.32 Å². The van der Waals surface area contributed by atoms with Crippen molar-refractivity contribution in [3.05, 3.63) is 71.7 Å². The summed E-state index contributed by atoms with van der Waals surface area (Å²) in [6, 6.07) is 12.9. The molecule has 0 radical (unpaired) electrons. The Morgan fingerprint density at radius 1 is 1.15 bits per heavy atom. The molecule has 5 nitrogen and oxygen atoms in total. The smallest absolute Gasteiger partial charge is 0.228 e. The van der Waals surface area contributed by atoms with E-state index in [1.54, 1.807) is 42.6 Å². The van der Waals surface area contributed by atoms with Crippen LogP contribution in [0.15, 0.2) is 54.7 Å². The Hall–Kier alpha value is -2.99. The number of carbonyl (C=O) groups excluding carboxylic acids is 2. The second-order valence-corrected chi connectivity index (χ2v) is 5.69. The first-order chi connectivity index (χ1) is 12.5. The molecule has 0 fully saturated rings. The molecular weight excluding hydrogens is 335 g/mol. The molecule has 2 N–H and O–H groups in total. The van der Waals surface area contributed by atoms with Gasteiger partial charge in [-0.05, 0) is 35.4 Å². The summed E-state index contributed by atoms with van der Waals surface area (Å²) in [5.41, 5.74) is 2.04. The highest BCUT2D eigenvalue weighted by molar-refractivity contribution is 5.94. The van der Waals surface area contributed by atoms with Crippen LogP contribution in [0, 0.1) is 5.82 Å². The zero-order valence-electron chi connectivity index (χ0n) is 14.5. The van der Waals surface area contributed by atoms with Crippen molar-refractivity contribution in [1.29, 1.82) is 0 Å². The van der Waals surface area contributed by atoms with Crippen LogP contribution in [0.3, 0.4) is 0 Å². The Kier molecular flexibility index (Phi) is 7.05. The van der Waals surface area contributed by atoms with E-state index in [2.05, 4.69) is 5.32 Å². The summed E-state index contributed by atoms with van der Waals surface area (Å²) in [5, 5.41) is 11.8. The number of amides is 2. The number of halogens is 1. The Morgan fingerprint density at radius 2 is 1.85 bits per heavy atom. The molecule has 2 aromatic carbocycles. The van der Waals surface area contributed by atoms with Crippen molar-refractivity contribution >= 4 is 23.6 Å². The van der Waals surface area contributed by atoms with E-state index in [1.165, 1.54) is 24.0 Å². The monoisotopic (exact) mass is 356 g/mol. The molecule has 0 saturated heterocycles. The number of nitrogens with zero attached hydrogens (tertiary/aromatic N) is 1. The summed E-state index contributed by atoms with van der Waals surface area (Å²) in [5.74, 6) is -0.757. The zero-order valence-corrected chi connectivity index (χ0v) is 14.5. The van der Waals surface area contributed by atoms with Crippen molar-refractivity contribution in [2.24, 2.45) is 0 Å². The molecule has 0 atom stereocenters. The van der Waals surface area contributed by atoms with Gasteiger partial charge in [-0.3, -0.25) is 9.59 Å². The predicted molar refractivity (Wildman–Crippen MR) is 98.7 cm³/mol. The van der Waals surface area contributed by atoms with Gasteiger partial charge in [0.25, 0.3) is 0 Å². The summed E-state index contributed by atoms with van der Waals surface area (Å²) in [4.78, 5) is 25.1. The summed E-state index contributed by atoms with van der Waals surface area (Å²) in [6.45, 7) is 1.47. The van der Waals surface area contributed by atoms with Gasteiger partial charge in [0.1, 0.15) is 5.82 Å². The van der Waals surface area contributed by atoms with Crippen LogP contribution in [0.5, 0.6) is 0 Å². The first-order valence-electron chi connectivity index (χ1n) is 8.19. The Bertz CT molecular complexity index is 788. The van der Waals surface area contributed by atoms with Crippen molar-refractivity contribution in [1.82, 2.24) is 4.90 Å². The lowest BCUT2D eigenvalue weighted by molar-refractivity contribution is -0.126. The molecule has 2 amide bonds. The minimum atomic E-state index is -0.345. The van der Waals surface area contributed by atoms with E-state index in [-0.39, 0.29) is 37.2 Å². The van der Waals surface area contributed by atoms with Crippen LogP contribution in [0.25, 0.3) is 6.08 Å². The van der Waals surface area contributed by atoms with E-state index in [1.807, 2.05) is 6.07 Å². The second-order valence-electron chi connectivity index (χ2n) is 5.69. The number of aliphatic hydroxyl groups is 1. The van der Waals surface area contributed by atoms with Crippen LogP contribution >= 0.6 is 0 Å². The van der Waals surface area contributed by atoms with Gasteiger partial charge in [0.05, 0.1) is 13.0 Å². The number of hydrogen-bond acceptors (Lipinski definition) is 3. The maximum absolute atomic E-state index is 12.9. The highest BCUT2D eigenvalue weighted by Crippen LogP contribution is 2.17. The third-order valence-corrected chi connectivity index (χ3v) is 3.69. The zero-order chi connectivity index (χ0) is 18.9. The van der Waals surface area contributed by atoms with Gasteiger partial charge in [0, 0.05) is 25.4 Å². The molecule has 0 aromatic heterocycles. The van der Waals surface area contributed by atoms with Gasteiger partial charge in [-0.1, -0.05) is 30.3 Å². The van der Waals surface area contributed by atoms with Crippen LogP contribution in [0.2, 0.25) is 0 Å². The molecule has 26 heavy (non-hydrogen) atoms. The highest BCUT2D eigenvalue weighted by atomic mass is 19.1. The lowest BCUT2D eigenvalue weighted by Gasteiger charge is -2.15. The van der Waals surface area contributed by atoms with E-state index in [9.17, 15) is 14.0 Å². The number of hydrogen-bond donors (Lipinski definition) is 2. The maximum atomic E-state index is 12.9. The molecule has 2 aromatic rings. The Labute approximate surface area is 151 Å². The van der Waals surface area contributed by atoms with E-state index in [0.29, 0.717) is 11.3 Å². The summed E-state index contributed by atoms with van der Waals surface area (Å²) >= 11 is 0. The van der Waals surface area contributed by atoms with E-state index < -0.39 is 0 Å². The average Bonchev–Trinajstić information content (AvgIpc) is 2.61. The SMILES string of the molecule is CC(=O)N(/C=C\c1ccccc1NC(=O)Cc1ccc(F)cc1)CCO. The van der Waals surface area contributed by atoms with Gasteiger partial charge in [-0.2, -0.15) is 0 Å². The van der Waals surface area contributed by atoms with Gasteiger partial charge in [-0.25, -0.2) is 4.39 Å². The van der Waals surface area contributed by atoms with Crippen LogP contribution in [0.4, 0.5) is 10.1 Å². The van der Waals surface area contributed by atoms with Crippen molar-refractivity contribution in [3.8, 4) is 0 Å². The molecular formula is C20H21FN2O3. The maximum Gasteiger partial charge on any atom is 0.228 e. The third kappa shape index (κ3) is 5.82. The van der Waals surface area contributed by atoms with E-state index in [0.717, 1.165) is 5.56 Å². The Balaban J connectivity index is 2.09. The number of rotatable bonds is 7. The number of aliphatic hydroxyl groups excluding tert-OH is 1. The van der Waals surface area contributed by atoms with Crippen LogP contribution in [0.1, 0.15) is 18.1 Å². The Morgan fingerprint density at radius 3 is 2.50 bits per heavy atom. The number of para-hydroxylation sites is 1. The fraction of sp³-hybridized carbons (Fsp3) is 0.200. The molecule has 0 bridgehead atoms. The lowest BCUT2D eigenvalue weighted by Crippen LogP contribution is -2.25. The van der Waals surface area contributed by atoms with E-state index >= 15 is 0 Å². The van der Waals surface area contributed by atoms with E-state index in [4.69, 9.17) is 5.11 Å². The minimum Gasteiger partial charge on any atom is -0.395 e. The van der Waals surface area contributed by atoms with Crippen LogP contribution in [-0.2, 0) is 16.0 Å². The highest BCUT2D eigenvalue weighted by Gasteiger charge is 2.08. The third-order valence-electron chi connectivity index (χ3n) is 3.69. The summed E-state index contributed by atoms with van der Waals surface area (Å²) in [6.07, 6.45) is 3.40. The molecule has 6 heteroatoms. The van der Waals surface area contributed by atoms with Gasteiger partial charge in [0.2, 0.25) is 11.8 Å². The molecule has 136 valence electrons. The first kappa shape index (κ1) is 19.3. The fourth-order valence-electron chi connectivity index (χ4n) is 2.35. The number of anilines is 1. The number of carbonyl (C=O) groups is 2. The number of benzene rings is 2. The largest absolute Gasteiger partial charge is 0.395 e. The minimum absolute atomic E-state index is 0.127. The quantitative estimate of drug-likeness (QED) is 0.801. The first-order valence-corrected chi connectivity index (χ1v) is 8.19. The van der Waals surface area contributed by atoms with Gasteiger partial charge < -0.3 is 15.3 Å². The topological polar surface area (TPSA) is 69.6 Å². The molecule has 0 aliphatic heterocycles.